The Labute approximate surface area is 175 Å². The summed E-state index contributed by atoms with van der Waals surface area (Å²) in [6.45, 7) is 13.9. The zero-order valence-electron chi connectivity index (χ0n) is 16.2. The van der Waals surface area contributed by atoms with Gasteiger partial charge in [-0.3, -0.25) is 0 Å². The number of hydrogen-bond acceptors (Lipinski definition) is 2. The van der Waals surface area contributed by atoms with Crippen molar-refractivity contribution in [3.8, 4) is 11.5 Å². The summed E-state index contributed by atoms with van der Waals surface area (Å²) in [6.07, 6.45) is 5.71. The number of benzene rings is 1. The van der Waals surface area contributed by atoms with E-state index >= 15 is 0 Å². The van der Waals surface area contributed by atoms with E-state index in [-0.39, 0.29) is 30.2 Å². The standard InChI is InChI=1S/C11H16O2.C8H13Si.2ClH.Ti/c1-11(2,3)8-5-9(12)7-10(6-8)13-4;1-9(2,3)8-6-4-5-7-8;;;/h5-7,12H,1-4H3;4,6H,5H2,1-3H3;2*1H;/q;;;;+1/p-1. The summed E-state index contributed by atoms with van der Waals surface area (Å²) in [4.78, 5) is 0. The molecule has 1 aromatic rings. The van der Waals surface area contributed by atoms with Crippen molar-refractivity contribution >= 4 is 32.9 Å². The Hall–Kier alpha value is -0.189. The van der Waals surface area contributed by atoms with Gasteiger partial charge in [0.05, 0.1) is 0 Å². The Morgan fingerprint density at radius 3 is 2.12 bits per heavy atom. The number of rotatable bonds is 5. The van der Waals surface area contributed by atoms with E-state index in [0.29, 0.717) is 0 Å². The molecule has 0 fully saturated rings. The van der Waals surface area contributed by atoms with Crippen LogP contribution in [0.15, 0.2) is 39.4 Å². The molecular formula is C19H30Cl2O2SiTi. The van der Waals surface area contributed by atoms with Gasteiger partial charge in [-0.15, -0.1) is 24.8 Å². The SMILES string of the molecule is COc1cc([O][Ti][C]2=C([Si](C)(C)C)C=CC2)cc(C(C)(C)C)c1.Cl.Cl. The molecule has 0 amide bonds. The molecule has 0 heterocycles. The molecule has 0 saturated carbocycles. The van der Waals surface area contributed by atoms with Gasteiger partial charge in [0, 0.05) is 0 Å². The molecule has 2 nitrogen and oxygen atoms in total. The van der Waals surface area contributed by atoms with Gasteiger partial charge in [0.2, 0.25) is 0 Å². The van der Waals surface area contributed by atoms with E-state index in [4.69, 9.17) is 8.06 Å². The van der Waals surface area contributed by atoms with Crippen molar-refractivity contribution in [2.24, 2.45) is 0 Å². The van der Waals surface area contributed by atoms with E-state index in [1.54, 1.807) is 16.2 Å². The number of methoxy groups -OCH3 is 1. The first-order chi connectivity index (χ1) is 10.6. The largest absolute Gasteiger partial charge is 0.147 e. The van der Waals surface area contributed by atoms with Crippen LogP contribution in [0.1, 0.15) is 32.8 Å². The van der Waals surface area contributed by atoms with Gasteiger partial charge < -0.3 is 0 Å². The minimum atomic E-state index is -1.26. The Bertz CT molecular complexity index is 644. The summed E-state index contributed by atoms with van der Waals surface area (Å²) in [5.41, 5.74) is 1.34. The molecule has 0 N–H and O–H groups in total. The van der Waals surface area contributed by atoms with Crippen molar-refractivity contribution in [2.45, 2.75) is 52.2 Å². The molecule has 0 spiro atoms. The number of ether oxygens (including phenoxy) is 1. The topological polar surface area (TPSA) is 18.5 Å². The van der Waals surface area contributed by atoms with Gasteiger partial charge in [0.1, 0.15) is 0 Å². The van der Waals surface area contributed by atoms with E-state index in [2.05, 4.69) is 64.7 Å². The molecule has 6 heteroatoms. The molecule has 2 rings (SSSR count). The summed E-state index contributed by atoms with van der Waals surface area (Å²) in [5, 5.41) is 1.59. The molecule has 1 aliphatic rings. The Morgan fingerprint density at radius 1 is 1.00 bits per heavy atom. The average molecular weight is 437 g/mol. The first-order valence-corrected chi connectivity index (χ1v) is 13.1. The van der Waals surface area contributed by atoms with E-state index < -0.39 is 27.6 Å². The zero-order chi connectivity index (χ0) is 17.3. The van der Waals surface area contributed by atoms with E-state index in [0.717, 1.165) is 17.9 Å². The van der Waals surface area contributed by atoms with Gasteiger partial charge in [-0.2, -0.15) is 0 Å². The second-order valence-corrected chi connectivity index (χ2v) is 14.7. The van der Waals surface area contributed by atoms with Gasteiger partial charge in [0.25, 0.3) is 0 Å². The fraction of sp³-hybridized carbons (Fsp3) is 0.474. The van der Waals surface area contributed by atoms with Crippen molar-refractivity contribution in [3.63, 3.8) is 0 Å². The van der Waals surface area contributed by atoms with Crippen LogP contribution in [0.5, 0.6) is 11.5 Å². The summed E-state index contributed by atoms with van der Waals surface area (Å²) in [5.74, 6) is 1.83. The average Bonchev–Trinajstić information content (AvgIpc) is 2.92. The van der Waals surface area contributed by atoms with E-state index in [1.165, 1.54) is 5.56 Å². The van der Waals surface area contributed by atoms with Crippen molar-refractivity contribution in [1.29, 1.82) is 0 Å². The second-order valence-electron chi connectivity index (χ2n) is 8.10. The van der Waals surface area contributed by atoms with Crippen LogP contribution in [0.4, 0.5) is 0 Å². The summed E-state index contributed by atoms with van der Waals surface area (Å²) < 4.78 is 13.3. The van der Waals surface area contributed by atoms with Crippen LogP contribution in [0, 0.1) is 0 Å². The van der Waals surface area contributed by atoms with Crippen LogP contribution in [-0.4, -0.2) is 15.2 Å². The quantitative estimate of drug-likeness (QED) is 0.503. The molecule has 0 aliphatic heterocycles. The molecule has 25 heavy (non-hydrogen) atoms. The molecule has 0 unspecified atom stereocenters. The molecule has 0 atom stereocenters. The van der Waals surface area contributed by atoms with Crippen LogP contribution < -0.4 is 8.06 Å². The minimum absolute atomic E-state index is 0. The van der Waals surface area contributed by atoms with Gasteiger partial charge in [-0.1, -0.05) is 0 Å². The number of halogens is 2. The van der Waals surface area contributed by atoms with Crippen LogP contribution in [0.25, 0.3) is 0 Å². The van der Waals surface area contributed by atoms with Crippen molar-refractivity contribution in [2.75, 3.05) is 7.11 Å². The van der Waals surface area contributed by atoms with Crippen LogP contribution in [0.3, 0.4) is 0 Å². The normalized spacial score (nSPS) is 13.9. The predicted molar refractivity (Wildman–Crippen MR) is 111 cm³/mol. The first kappa shape index (κ1) is 24.8. The monoisotopic (exact) mass is 436 g/mol. The molecule has 0 bridgehead atoms. The minimum Gasteiger partial charge on any atom is -0.147 e. The Kier molecular flexibility index (Phi) is 9.59. The van der Waals surface area contributed by atoms with Crippen molar-refractivity contribution < 1.29 is 27.6 Å². The fourth-order valence-electron chi connectivity index (χ4n) is 2.61. The Balaban J connectivity index is 0.00000288. The molecule has 0 radical (unpaired) electrons. The van der Waals surface area contributed by atoms with Crippen molar-refractivity contribution in [1.82, 2.24) is 0 Å². The maximum atomic E-state index is 6.26. The third kappa shape index (κ3) is 6.80. The zero-order valence-corrected chi connectivity index (χ0v) is 20.4. The summed E-state index contributed by atoms with van der Waals surface area (Å²) in [7, 11) is 0.452. The van der Waals surface area contributed by atoms with Gasteiger partial charge in [-0.25, -0.2) is 0 Å². The smallest absolute Gasteiger partial charge is 0.147 e. The van der Waals surface area contributed by atoms with E-state index in [9.17, 15) is 0 Å². The fourth-order valence-corrected chi connectivity index (χ4v) is 7.38. The van der Waals surface area contributed by atoms with Crippen LogP contribution >= 0.6 is 24.8 Å². The molecule has 0 saturated heterocycles. The molecule has 1 aliphatic carbocycles. The van der Waals surface area contributed by atoms with Crippen LogP contribution in [0.2, 0.25) is 19.6 Å². The number of allylic oxidation sites excluding steroid dienone is 4. The summed E-state index contributed by atoms with van der Waals surface area (Å²) >= 11 is -0.585. The van der Waals surface area contributed by atoms with Crippen LogP contribution in [-0.2, 0) is 25.0 Å². The van der Waals surface area contributed by atoms with Gasteiger partial charge >= 0.3 is 152 Å². The maximum Gasteiger partial charge on any atom is -0.147 e. The predicted octanol–water partition coefficient (Wildman–Crippen LogP) is 6.30. The number of hydrogen-bond donors (Lipinski definition) is 0. The second kappa shape index (κ2) is 9.66. The Morgan fingerprint density at radius 2 is 1.60 bits per heavy atom. The molecule has 140 valence electrons. The first-order valence-electron chi connectivity index (χ1n) is 8.14. The third-order valence-electron chi connectivity index (χ3n) is 4.01. The van der Waals surface area contributed by atoms with Gasteiger partial charge in [0.15, 0.2) is 0 Å². The molecule has 0 aromatic heterocycles. The third-order valence-corrected chi connectivity index (χ3v) is 8.14. The van der Waals surface area contributed by atoms with Gasteiger partial charge in [-0.05, 0) is 0 Å². The molecular weight excluding hydrogens is 407 g/mol. The maximum absolute atomic E-state index is 6.26. The van der Waals surface area contributed by atoms with E-state index in [1.807, 2.05) is 6.07 Å². The van der Waals surface area contributed by atoms with Crippen molar-refractivity contribution in [3.05, 3.63) is 45.0 Å². The summed E-state index contributed by atoms with van der Waals surface area (Å²) in [6, 6.07) is 6.29. The molecule has 1 aromatic carbocycles.